The van der Waals surface area contributed by atoms with Gasteiger partial charge in [0, 0.05) is 18.1 Å². The maximum atomic E-state index is 15.1. The van der Waals surface area contributed by atoms with E-state index in [1.54, 1.807) is 0 Å². The number of rotatable bonds is 2. The molecule has 1 aromatic carbocycles. The number of aromatic nitrogens is 1. The van der Waals surface area contributed by atoms with E-state index < -0.39 is 6.17 Å². The molecular weight excluding hydrogens is 346 g/mol. The standard InChI is InChI=1S/C19H23FN2.2ClH/c1-2-13-12-22-10-8-14(13)11-17(20)19(22)16-7-9-21-18-6-4-3-5-15(16)18;;/h3-7,9,13-14,17,19H,2,8,10-12H2,1H3;2*1H/t13-,14-,17-,19+;;/m0../s1. The highest BCUT2D eigenvalue weighted by Gasteiger charge is 2.42. The summed E-state index contributed by atoms with van der Waals surface area (Å²) in [7, 11) is 0. The summed E-state index contributed by atoms with van der Waals surface area (Å²) in [6, 6.07) is 10.1. The Morgan fingerprint density at radius 2 is 2.00 bits per heavy atom. The van der Waals surface area contributed by atoms with Crippen LogP contribution < -0.4 is 0 Å². The predicted molar refractivity (Wildman–Crippen MR) is 102 cm³/mol. The van der Waals surface area contributed by atoms with E-state index in [4.69, 9.17) is 0 Å². The normalized spacial score (nSPS) is 31.8. The van der Waals surface area contributed by atoms with E-state index in [0.717, 1.165) is 48.8 Å². The van der Waals surface area contributed by atoms with Gasteiger partial charge >= 0.3 is 0 Å². The summed E-state index contributed by atoms with van der Waals surface area (Å²) < 4.78 is 15.1. The number of para-hydroxylation sites is 1. The van der Waals surface area contributed by atoms with Crippen LogP contribution in [0.25, 0.3) is 10.9 Å². The van der Waals surface area contributed by atoms with Gasteiger partial charge in [-0.15, -0.1) is 24.8 Å². The topological polar surface area (TPSA) is 16.1 Å². The van der Waals surface area contributed by atoms with Crippen molar-refractivity contribution < 1.29 is 4.39 Å². The number of hydrogen-bond acceptors (Lipinski definition) is 2. The van der Waals surface area contributed by atoms with Crippen molar-refractivity contribution in [3.05, 3.63) is 42.1 Å². The molecule has 5 rings (SSSR count). The van der Waals surface area contributed by atoms with Crippen LogP contribution in [0.2, 0.25) is 0 Å². The number of pyridine rings is 1. The number of fused-ring (bicyclic) bond motifs is 5. The first-order chi connectivity index (χ1) is 10.8. The van der Waals surface area contributed by atoms with Crippen LogP contribution in [0.3, 0.4) is 0 Å². The fourth-order valence-electron chi connectivity index (χ4n) is 4.55. The molecule has 2 bridgehead atoms. The van der Waals surface area contributed by atoms with Crippen LogP contribution in [0.5, 0.6) is 0 Å². The van der Waals surface area contributed by atoms with Crippen LogP contribution in [-0.4, -0.2) is 29.1 Å². The smallest absolute Gasteiger partial charge is 0.120 e. The molecule has 0 N–H and O–H groups in total. The summed E-state index contributed by atoms with van der Waals surface area (Å²) in [5, 5.41) is 1.11. The Morgan fingerprint density at radius 3 is 2.79 bits per heavy atom. The Bertz CT molecular complexity index is 676. The van der Waals surface area contributed by atoms with Crippen molar-refractivity contribution in [2.45, 2.75) is 38.4 Å². The van der Waals surface area contributed by atoms with Crippen LogP contribution >= 0.6 is 24.8 Å². The second-order valence-electron chi connectivity index (χ2n) is 6.83. The van der Waals surface area contributed by atoms with E-state index in [9.17, 15) is 0 Å². The van der Waals surface area contributed by atoms with Crippen molar-refractivity contribution in [1.82, 2.24) is 9.88 Å². The maximum absolute atomic E-state index is 15.1. The Morgan fingerprint density at radius 1 is 1.21 bits per heavy atom. The molecule has 2 aromatic rings. The molecule has 0 saturated carbocycles. The summed E-state index contributed by atoms with van der Waals surface area (Å²) in [6.07, 6.45) is 4.10. The zero-order valence-corrected chi connectivity index (χ0v) is 15.5. The zero-order chi connectivity index (χ0) is 15.1. The van der Waals surface area contributed by atoms with Crippen LogP contribution in [0.1, 0.15) is 37.8 Å². The highest BCUT2D eigenvalue weighted by Crippen LogP contribution is 2.44. The average molecular weight is 371 g/mol. The molecule has 0 aliphatic carbocycles. The highest BCUT2D eigenvalue weighted by molar-refractivity contribution is 5.85. The van der Waals surface area contributed by atoms with Gasteiger partial charge in [-0.3, -0.25) is 9.88 Å². The molecule has 3 fully saturated rings. The second-order valence-corrected chi connectivity index (χ2v) is 6.83. The molecule has 1 unspecified atom stereocenters. The number of alkyl halides is 1. The minimum atomic E-state index is -0.769. The van der Waals surface area contributed by atoms with Crippen molar-refractivity contribution >= 4 is 35.7 Å². The van der Waals surface area contributed by atoms with Crippen molar-refractivity contribution in [3.63, 3.8) is 0 Å². The van der Waals surface area contributed by atoms with E-state index in [0.29, 0.717) is 11.8 Å². The lowest BCUT2D eigenvalue weighted by molar-refractivity contribution is 0.0997. The van der Waals surface area contributed by atoms with Crippen LogP contribution in [0.15, 0.2) is 36.5 Å². The summed E-state index contributed by atoms with van der Waals surface area (Å²) in [6.45, 7) is 4.32. The molecular formula is C19H25Cl2FN2. The van der Waals surface area contributed by atoms with E-state index in [-0.39, 0.29) is 30.9 Å². The van der Waals surface area contributed by atoms with Gasteiger partial charge in [-0.2, -0.15) is 0 Å². The van der Waals surface area contributed by atoms with Gasteiger partial charge in [0.15, 0.2) is 0 Å². The summed E-state index contributed by atoms with van der Waals surface area (Å²) in [5.74, 6) is 1.22. The fourth-order valence-corrected chi connectivity index (χ4v) is 4.55. The molecule has 3 saturated heterocycles. The summed E-state index contributed by atoms with van der Waals surface area (Å²) in [4.78, 5) is 6.83. The molecule has 24 heavy (non-hydrogen) atoms. The molecule has 5 atom stereocenters. The van der Waals surface area contributed by atoms with Crippen molar-refractivity contribution in [1.29, 1.82) is 0 Å². The minimum absolute atomic E-state index is 0. The lowest BCUT2D eigenvalue weighted by atomic mass is 9.83. The molecule has 0 radical (unpaired) electrons. The SMILES string of the molecule is CC[C@H]1CN2CC[C@H]1C[C@H](F)[C@H]2c1ccnc2ccccc12.Cl.Cl. The van der Waals surface area contributed by atoms with E-state index in [2.05, 4.69) is 22.9 Å². The first-order valence-electron chi connectivity index (χ1n) is 8.49. The molecule has 0 spiro atoms. The number of halogens is 3. The highest BCUT2D eigenvalue weighted by atomic mass is 35.5. The Balaban J connectivity index is 0.00000104. The first kappa shape index (κ1) is 19.4. The van der Waals surface area contributed by atoms with Crippen molar-refractivity contribution in [2.24, 2.45) is 11.8 Å². The van der Waals surface area contributed by atoms with Gasteiger partial charge in [0.05, 0.1) is 11.6 Å². The monoisotopic (exact) mass is 370 g/mol. The van der Waals surface area contributed by atoms with Crippen molar-refractivity contribution in [2.75, 3.05) is 13.1 Å². The maximum Gasteiger partial charge on any atom is 0.120 e. The van der Waals surface area contributed by atoms with E-state index >= 15 is 4.39 Å². The van der Waals surface area contributed by atoms with Gasteiger partial charge < -0.3 is 0 Å². The van der Waals surface area contributed by atoms with E-state index in [1.165, 1.54) is 0 Å². The molecule has 2 nitrogen and oxygen atoms in total. The van der Waals surface area contributed by atoms with Gasteiger partial charge in [0.1, 0.15) is 6.17 Å². The fraction of sp³-hybridized carbons (Fsp3) is 0.526. The second kappa shape index (κ2) is 7.99. The average Bonchev–Trinajstić information content (AvgIpc) is 2.79. The number of benzene rings is 1. The van der Waals surface area contributed by atoms with Gasteiger partial charge in [-0.05, 0) is 48.9 Å². The molecule has 132 valence electrons. The number of piperidine rings is 1. The van der Waals surface area contributed by atoms with E-state index in [1.807, 2.05) is 30.5 Å². The third-order valence-electron chi connectivity index (χ3n) is 5.71. The molecule has 0 amide bonds. The van der Waals surface area contributed by atoms with Crippen molar-refractivity contribution in [3.8, 4) is 0 Å². The van der Waals surface area contributed by atoms with Gasteiger partial charge in [0.2, 0.25) is 0 Å². The predicted octanol–water partition coefficient (Wildman–Crippen LogP) is 5.21. The lowest BCUT2D eigenvalue weighted by Gasteiger charge is -2.37. The Hall–Kier alpha value is -0.900. The zero-order valence-electron chi connectivity index (χ0n) is 13.9. The van der Waals surface area contributed by atoms with Crippen LogP contribution in [-0.2, 0) is 0 Å². The molecule has 4 heterocycles. The molecule has 1 aromatic heterocycles. The first-order valence-corrected chi connectivity index (χ1v) is 8.49. The van der Waals surface area contributed by atoms with Crippen LogP contribution in [0.4, 0.5) is 4.39 Å². The van der Waals surface area contributed by atoms with Gasteiger partial charge in [-0.25, -0.2) is 4.39 Å². The third-order valence-corrected chi connectivity index (χ3v) is 5.71. The number of nitrogens with zero attached hydrogens (tertiary/aromatic N) is 2. The lowest BCUT2D eigenvalue weighted by Crippen LogP contribution is -2.39. The summed E-state index contributed by atoms with van der Waals surface area (Å²) in [5.41, 5.74) is 2.09. The minimum Gasteiger partial charge on any atom is -0.293 e. The molecule has 3 aliphatic rings. The Labute approximate surface area is 155 Å². The van der Waals surface area contributed by atoms with Gasteiger partial charge in [0.25, 0.3) is 0 Å². The largest absolute Gasteiger partial charge is 0.293 e. The summed E-state index contributed by atoms with van der Waals surface area (Å²) >= 11 is 0. The third kappa shape index (κ3) is 3.26. The van der Waals surface area contributed by atoms with Crippen LogP contribution in [0, 0.1) is 11.8 Å². The quantitative estimate of drug-likeness (QED) is 0.721. The molecule has 5 heteroatoms. The molecule has 3 aliphatic heterocycles. The number of hydrogen-bond donors (Lipinski definition) is 0. The Kier molecular flexibility index (Phi) is 6.46. The van der Waals surface area contributed by atoms with Gasteiger partial charge in [-0.1, -0.05) is 31.5 Å².